The molecule has 0 bridgehead atoms. The van der Waals surface area contributed by atoms with Gasteiger partial charge in [-0.1, -0.05) is 34.1 Å². The molecule has 0 aromatic rings. The van der Waals surface area contributed by atoms with Crippen LogP contribution < -0.4 is 0 Å². The number of hydrogen-bond donors (Lipinski definition) is 0. The van der Waals surface area contributed by atoms with E-state index >= 15 is 0 Å². The summed E-state index contributed by atoms with van der Waals surface area (Å²) in [7, 11) is 1.50. The fourth-order valence-electron chi connectivity index (χ4n) is 9.57. The van der Waals surface area contributed by atoms with Crippen molar-refractivity contribution in [2.24, 2.45) is 52.3 Å². The zero-order valence-electron chi connectivity index (χ0n) is 20.4. The number of esters is 1. The zero-order valence-corrected chi connectivity index (χ0v) is 20.4. The molecule has 1 heterocycles. The van der Waals surface area contributed by atoms with Gasteiger partial charge < -0.3 is 14.2 Å². The van der Waals surface area contributed by atoms with E-state index in [1.54, 1.807) is 0 Å². The predicted octanol–water partition coefficient (Wildman–Crippen LogP) is 5.83. The minimum atomic E-state index is -0.0737. The van der Waals surface area contributed by atoms with Gasteiger partial charge in [0, 0.05) is 6.42 Å². The van der Waals surface area contributed by atoms with Gasteiger partial charge in [0.15, 0.2) is 0 Å². The van der Waals surface area contributed by atoms with E-state index in [4.69, 9.17) is 14.2 Å². The van der Waals surface area contributed by atoms with E-state index in [9.17, 15) is 4.79 Å². The topological polar surface area (TPSA) is 44.8 Å². The van der Waals surface area contributed by atoms with Crippen molar-refractivity contribution in [1.29, 1.82) is 0 Å². The summed E-state index contributed by atoms with van der Waals surface area (Å²) < 4.78 is 17.9. The lowest BCUT2D eigenvalue weighted by molar-refractivity contribution is -0.179. The van der Waals surface area contributed by atoms with Gasteiger partial charge in [-0.15, -0.1) is 0 Å². The summed E-state index contributed by atoms with van der Waals surface area (Å²) in [6.07, 6.45) is 11.4. The first-order valence-electron chi connectivity index (χ1n) is 13.1. The van der Waals surface area contributed by atoms with Crippen LogP contribution in [0.4, 0.5) is 0 Å². The Morgan fingerprint density at radius 2 is 1.81 bits per heavy atom. The van der Waals surface area contributed by atoms with Gasteiger partial charge >= 0.3 is 5.97 Å². The van der Waals surface area contributed by atoms with E-state index < -0.39 is 0 Å². The molecule has 0 amide bonds. The molecular formula is C27H44O4. The van der Waals surface area contributed by atoms with Gasteiger partial charge in [-0.2, -0.15) is 0 Å². The molecule has 31 heavy (non-hydrogen) atoms. The fourth-order valence-corrected chi connectivity index (χ4v) is 9.57. The van der Waals surface area contributed by atoms with Gasteiger partial charge in [-0.05, 0) is 97.2 Å². The zero-order chi connectivity index (χ0) is 22.0. The maximum Gasteiger partial charge on any atom is 0.305 e. The lowest BCUT2D eigenvalue weighted by atomic mass is 9.43. The van der Waals surface area contributed by atoms with Crippen LogP contribution in [0.2, 0.25) is 0 Å². The summed E-state index contributed by atoms with van der Waals surface area (Å²) in [5.41, 5.74) is 0.792. The fraction of sp³-hybridized carbons (Fsp3) is 0.963. The third-order valence-corrected chi connectivity index (χ3v) is 11.2. The average molecular weight is 433 g/mol. The van der Waals surface area contributed by atoms with Crippen LogP contribution in [0.25, 0.3) is 0 Å². The third-order valence-electron chi connectivity index (χ3n) is 11.2. The summed E-state index contributed by atoms with van der Waals surface area (Å²) in [5, 5.41) is 0. The lowest BCUT2D eigenvalue weighted by Crippen LogP contribution is -2.59. The first-order valence-corrected chi connectivity index (χ1v) is 13.1. The normalized spacial score (nSPS) is 51.9. The highest BCUT2D eigenvalue weighted by Gasteiger charge is 2.66. The summed E-state index contributed by atoms with van der Waals surface area (Å²) in [4.78, 5) is 11.8. The molecule has 0 radical (unpaired) electrons. The molecule has 4 saturated carbocycles. The smallest absolute Gasteiger partial charge is 0.305 e. The average Bonchev–Trinajstić information content (AvgIpc) is 2.92. The minimum absolute atomic E-state index is 0.0737. The highest BCUT2D eigenvalue weighted by Crippen LogP contribution is 2.69. The van der Waals surface area contributed by atoms with Crippen LogP contribution in [0, 0.1) is 52.3 Å². The van der Waals surface area contributed by atoms with Crippen LogP contribution in [0.15, 0.2) is 0 Å². The van der Waals surface area contributed by atoms with E-state index in [-0.39, 0.29) is 5.97 Å². The number of fused-ring (bicyclic) bond motifs is 2. The van der Waals surface area contributed by atoms with Crippen molar-refractivity contribution >= 4 is 5.97 Å². The van der Waals surface area contributed by atoms with Crippen LogP contribution in [0.1, 0.15) is 85.5 Å². The lowest BCUT2D eigenvalue weighted by Gasteiger charge is -2.63. The molecule has 0 N–H and O–H groups in total. The summed E-state index contributed by atoms with van der Waals surface area (Å²) in [6, 6.07) is 0. The molecular weight excluding hydrogens is 388 g/mol. The monoisotopic (exact) mass is 432 g/mol. The van der Waals surface area contributed by atoms with E-state index in [2.05, 4.69) is 27.7 Å². The van der Waals surface area contributed by atoms with Crippen molar-refractivity contribution in [2.75, 3.05) is 13.9 Å². The van der Waals surface area contributed by atoms with E-state index in [1.165, 1.54) is 45.6 Å². The maximum atomic E-state index is 11.8. The summed E-state index contributed by atoms with van der Waals surface area (Å²) in [6.45, 7) is 10.5. The highest BCUT2D eigenvalue weighted by molar-refractivity contribution is 5.69. The molecule has 4 nitrogen and oxygen atoms in total. The van der Waals surface area contributed by atoms with Gasteiger partial charge in [-0.3, -0.25) is 4.79 Å². The number of hydrogen-bond acceptors (Lipinski definition) is 4. The van der Waals surface area contributed by atoms with Gasteiger partial charge in [0.1, 0.15) is 6.79 Å². The number of ether oxygens (including phenoxy) is 3. The molecule has 176 valence electrons. The van der Waals surface area contributed by atoms with Crippen LogP contribution >= 0.6 is 0 Å². The van der Waals surface area contributed by atoms with Gasteiger partial charge in [0.25, 0.3) is 0 Å². The van der Waals surface area contributed by atoms with Gasteiger partial charge in [0.05, 0.1) is 19.3 Å². The molecule has 0 aromatic carbocycles. The van der Waals surface area contributed by atoms with Crippen molar-refractivity contribution < 1.29 is 19.0 Å². The summed E-state index contributed by atoms with van der Waals surface area (Å²) in [5.74, 6) is 4.82. The second-order valence-corrected chi connectivity index (χ2v) is 12.5. The van der Waals surface area contributed by atoms with Gasteiger partial charge in [0.2, 0.25) is 0 Å². The second kappa shape index (κ2) is 8.01. The Morgan fingerprint density at radius 3 is 2.58 bits per heavy atom. The number of carbonyl (C=O) groups excluding carboxylic acids is 1. The number of methoxy groups -OCH3 is 1. The Morgan fingerprint density at radius 1 is 1.06 bits per heavy atom. The highest BCUT2D eigenvalue weighted by atomic mass is 16.7. The van der Waals surface area contributed by atoms with Crippen LogP contribution in [-0.2, 0) is 19.0 Å². The van der Waals surface area contributed by atoms with E-state index in [0.29, 0.717) is 59.9 Å². The molecule has 1 saturated heterocycles. The predicted molar refractivity (Wildman–Crippen MR) is 120 cm³/mol. The Balaban J connectivity index is 1.43. The molecule has 3 unspecified atom stereocenters. The first kappa shape index (κ1) is 22.2. The van der Waals surface area contributed by atoms with Crippen LogP contribution in [0.5, 0.6) is 0 Å². The Hall–Kier alpha value is -0.610. The molecule has 1 aliphatic heterocycles. The standard InChI is InChI=1S/C27H44O4/c1-16-8-10-26(3)18(12-16)13-21-24-19(26)9-11-27(4)20(17(2)6-7-23(28)29-5)14-22(25(24)27)31-15-30-21/h16-22,24-25H,6-15H2,1-5H3/t16-,17-,18+,19?,20?,21-,22+,24?,25+,26+,27-/m1/s1. The largest absolute Gasteiger partial charge is 0.469 e. The second-order valence-electron chi connectivity index (χ2n) is 12.5. The molecule has 5 fully saturated rings. The van der Waals surface area contributed by atoms with Crippen LogP contribution in [-0.4, -0.2) is 32.1 Å². The number of rotatable bonds is 4. The molecule has 0 spiro atoms. The summed E-state index contributed by atoms with van der Waals surface area (Å²) >= 11 is 0. The Bertz CT molecular complexity index is 693. The van der Waals surface area contributed by atoms with Crippen molar-refractivity contribution in [2.45, 2.75) is 97.7 Å². The van der Waals surface area contributed by atoms with Gasteiger partial charge in [-0.25, -0.2) is 0 Å². The molecule has 5 rings (SSSR count). The maximum absolute atomic E-state index is 11.8. The Kier molecular flexibility index (Phi) is 5.73. The van der Waals surface area contributed by atoms with E-state index in [0.717, 1.165) is 30.6 Å². The van der Waals surface area contributed by atoms with E-state index in [1.807, 2.05) is 0 Å². The molecule has 5 aliphatic rings. The molecule has 0 aromatic heterocycles. The first-order chi connectivity index (χ1) is 14.8. The van der Waals surface area contributed by atoms with Crippen molar-refractivity contribution in [3.63, 3.8) is 0 Å². The SMILES string of the molecule is COC(=O)CC[C@@H](C)C1C[C@@H]2OCO[C@@H]3C[C@@H]4C[C@H](C)CC[C@]4(C)C4CC[C@@]1(C)[C@@H]2C43. The van der Waals surface area contributed by atoms with Crippen molar-refractivity contribution in [3.05, 3.63) is 0 Å². The number of carbonyl (C=O) groups is 1. The quantitative estimate of drug-likeness (QED) is 0.524. The van der Waals surface area contributed by atoms with Crippen molar-refractivity contribution in [3.8, 4) is 0 Å². The van der Waals surface area contributed by atoms with Crippen LogP contribution in [0.3, 0.4) is 0 Å². The van der Waals surface area contributed by atoms with Crippen molar-refractivity contribution in [1.82, 2.24) is 0 Å². The Labute approximate surface area is 189 Å². The molecule has 4 heteroatoms. The molecule has 11 atom stereocenters. The minimum Gasteiger partial charge on any atom is -0.469 e. The molecule has 4 aliphatic carbocycles. The third kappa shape index (κ3) is 3.41.